The summed E-state index contributed by atoms with van der Waals surface area (Å²) in [6, 6.07) is 16.8. The molecule has 1 atom stereocenters. The van der Waals surface area contributed by atoms with Crippen molar-refractivity contribution < 1.29 is 4.74 Å². The van der Waals surface area contributed by atoms with Crippen LogP contribution in [0.5, 0.6) is 5.75 Å². The predicted octanol–water partition coefficient (Wildman–Crippen LogP) is 4.21. The molecule has 1 unspecified atom stereocenters. The van der Waals surface area contributed by atoms with Gasteiger partial charge in [-0.1, -0.05) is 48.0 Å². The van der Waals surface area contributed by atoms with Crippen LogP contribution in [-0.2, 0) is 13.0 Å². The quantitative estimate of drug-likeness (QED) is 0.893. The van der Waals surface area contributed by atoms with Gasteiger partial charge in [-0.2, -0.15) is 0 Å². The molecular formula is C18H20ClNO. The van der Waals surface area contributed by atoms with Gasteiger partial charge in [0.25, 0.3) is 0 Å². The lowest BCUT2D eigenvalue weighted by Gasteiger charge is -2.12. The Kier molecular flexibility index (Phi) is 4.79. The third-order valence-electron chi connectivity index (χ3n) is 3.88. The van der Waals surface area contributed by atoms with Gasteiger partial charge in [-0.25, -0.2) is 0 Å². The van der Waals surface area contributed by atoms with Crippen molar-refractivity contribution in [2.45, 2.75) is 31.9 Å². The average molecular weight is 302 g/mol. The molecule has 1 aliphatic heterocycles. The Morgan fingerprint density at radius 3 is 2.67 bits per heavy atom. The summed E-state index contributed by atoms with van der Waals surface area (Å²) in [7, 11) is 0. The van der Waals surface area contributed by atoms with Crippen LogP contribution in [-0.4, -0.2) is 12.6 Å². The van der Waals surface area contributed by atoms with Crippen molar-refractivity contribution >= 4 is 11.6 Å². The van der Waals surface area contributed by atoms with Gasteiger partial charge < -0.3 is 10.1 Å². The second-order valence-electron chi connectivity index (χ2n) is 5.54. The smallest absolute Gasteiger partial charge is 0.138 e. The monoisotopic (exact) mass is 301 g/mol. The maximum atomic E-state index is 6.34. The van der Waals surface area contributed by atoms with Crippen molar-refractivity contribution in [1.82, 2.24) is 5.32 Å². The second-order valence-corrected chi connectivity index (χ2v) is 5.94. The first-order valence-corrected chi connectivity index (χ1v) is 7.87. The van der Waals surface area contributed by atoms with E-state index >= 15 is 0 Å². The Morgan fingerprint density at radius 1 is 1.10 bits per heavy atom. The number of ether oxygens (including phenoxy) is 1. The van der Waals surface area contributed by atoms with Crippen LogP contribution in [0.4, 0.5) is 0 Å². The third kappa shape index (κ3) is 3.99. The van der Waals surface area contributed by atoms with E-state index in [1.165, 1.54) is 18.4 Å². The van der Waals surface area contributed by atoms with Gasteiger partial charge in [0.05, 0.1) is 5.02 Å². The normalized spacial score (nSPS) is 17.9. The zero-order valence-corrected chi connectivity index (χ0v) is 12.8. The fourth-order valence-electron chi connectivity index (χ4n) is 2.74. The average Bonchev–Trinajstić information content (AvgIpc) is 3.00. The maximum absolute atomic E-state index is 6.34. The summed E-state index contributed by atoms with van der Waals surface area (Å²) >= 11 is 6.34. The van der Waals surface area contributed by atoms with Crippen LogP contribution < -0.4 is 10.1 Å². The molecule has 1 N–H and O–H groups in total. The molecule has 0 radical (unpaired) electrons. The lowest BCUT2D eigenvalue weighted by atomic mass is 10.0. The van der Waals surface area contributed by atoms with E-state index in [1.807, 2.05) is 42.5 Å². The van der Waals surface area contributed by atoms with Crippen molar-refractivity contribution in [1.29, 1.82) is 0 Å². The van der Waals surface area contributed by atoms with Crippen molar-refractivity contribution in [3.05, 3.63) is 64.7 Å². The number of benzene rings is 2. The summed E-state index contributed by atoms with van der Waals surface area (Å²) in [6.07, 6.45) is 3.57. The molecule has 110 valence electrons. The highest BCUT2D eigenvalue weighted by molar-refractivity contribution is 6.32. The number of hydrogen-bond donors (Lipinski definition) is 1. The first kappa shape index (κ1) is 14.4. The summed E-state index contributed by atoms with van der Waals surface area (Å²) in [5.41, 5.74) is 2.42. The molecule has 1 aliphatic rings. The molecule has 1 fully saturated rings. The Balaban J connectivity index is 1.61. The molecule has 2 aromatic carbocycles. The molecule has 0 aromatic heterocycles. The van der Waals surface area contributed by atoms with Crippen LogP contribution in [0.25, 0.3) is 0 Å². The third-order valence-corrected chi connectivity index (χ3v) is 4.17. The fourth-order valence-corrected chi connectivity index (χ4v) is 3.00. The molecule has 3 rings (SSSR count). The fraction of sp³-hybridized carbons (Fsp3) is 0.333. The standard InChI is InChI=1S/C18H20ClNO/c19-17-12-15(11-16-7-4-10-20-16)8-9-18(17)21-13-14-5-2-1-3-6-14/h1-3,5-6,8-9,12,16,20H,4,7,10-11,13H2. The van der Waals surface area contributed by atoms with Crippen LogP contribution in [0, 0.1) is 0 Å². The van der Waals surface area contributed by atoms with Gasteiger partial charge in [-0.05, 0) is 49.1 Å². The van der Waals surface area contributed by atoms with E-state index < -0.39 is 0 Å². The second kappa shape index (κ2) is 6.97. The Hall–Kier alpha value is -1.51. The van der Waals surface area contributed by atoms with Crippen molar-refractivity contribution in [2.24, 2.45) is 0 Å². The van der Waals surface area contributed by atoms with E-state index in [0.717, 1.165) is 24.3 Å². The lowest BCUT2D eigenvalue weighted by molar-refractivity contribution is 0.306. The molecule has 0 bridgehead atoms. The minimum absolute atomic E-state index is 0.546. The number of rotatable bonds is 5. The SMILES string of the molecule is Clc1cc(CC2CCCN2)ccc1OCc1ccccc1. The Morgan fingerprint density at radius 2 is 1.95 bits per heavy atom. The first-order chi connectivity index (χ1) is 10.3. The van der Waals surface area contributed by atoms with E-state index in [1.54, 1.807) is 0 Å². The highest BCUT2D eigenvalue weighted by Gasteiger charge is 2.15. The highest BCUT2D eigenvalue weighted by Crippen LogP contribution is 2.27. The zero-order valence-electron chi connectivity index (χ0n) is 12.0. The Bertz CT molecular complexity index is 579. The van der Waals surface area contributed by atoms with E-state index in [4.69, 9.17) is 16.3 Å². The lowest BCUT2D eigenvalue weighted by Crippen LogP contribution is -2.23. The van der Waals surface area contributed by atoms with E-state index in [2.05, 4.69) is 11.4 Å². The zero-order chi connectivity index (χ0) is 14.5. The van der Waals surface area contributed by atoms with Crippen LogP contribution in [0.15, 0.2) is 48.5 Å². The molecule has 0 saturated carbocycles. The summed E-state index contributed by atoms with van der Waals surface area (Å²) in [5, 5.41) is 4.21. The maximum Gasteiger partial charge on any atom is 0.138 e. The van der Waals surface area contributed by atoms with E-state index in [-0.39, 0.29) is 0 Å². The van der Waals surface area contributed by atoms with Crippen LogP contribution in [0.2, 0.25) is 5.02 Å². The summed E-state index contributed by atoms with van der Waals surface area (Å²) in [4.78, 5) is 0. The molecule has 0 spiro atoms. The largest absolute Gasteiger partial charge is 0.487 e. The van der Waals surface area contributed by atoms with Crippen LogP contribution in [0.3, 0.4) is 0 Å². The first-order valence-electron chi connectivity index (χ1n) is 7.50. The van der Waals surface area contributed by atoms with E-state index in [9.17, 15) is 0 Å². The molecule has 3 heteroatoms. The van der Waals surface area contributed by atoms with Crippen molar-refractivity contribution in [3.8, 4) is 5.75 Å². The topological polar surface area (TPSA) is 21.3 Å². The van der Waals surface area contributed by atoms with Crippen molar-refractivity contribution in [3.63, 3.8) is 0 Å². The van der Waals surface area contributed by atoms with Gasteiger partial charge in [-0.15, -0.1) is 0 Å². The summed E-state index contributed by atoms with van der Waals surface area (Å²) in [5.74, 6) is 0.753. The van der Waals surface area contributed by atoms with Gasteiger partial charge in [-0.3, -0.25) is 0 Å². The number of halogens is 1. The minimum Gasteiger partial charge on any atom is -0.487 e. The molecule has 21 heavy (non-hydrogen) atoms. The van der Waals surface area contributed by atoms with E-state index in [0.29, 0.717) is 17.7 Å². The summed E-state index contributed by atoms with van der Waals surface area (Å²) < 4.78 is 5.80. The van der Waals surface area contributed by atoms with Crippen LogP contribution in [0.1, 0.15) is 24.0 Å². The van der Waals surface area contributed by atoms with Gasteiger partial charge in [0, 0.05) is 6.04 Å². The van der Waals surface area contributed by atoms with Gasteiger partial charge >= 0.3 is 0 Å². The molecule has 1 saturated heterocycles. The Labute approximate surface area is 131 Å². The van der Waals surface area contributed by atoms with Gasteiger partial charge in [0.2, 0.25) is 0 Å². The van der Waals surface area contributed by atoms with Crippen LogP contribution >= 0.6 is 11.6 Å². The molecule has 1 heterocycles. The van der Waals surface area contributed by atoms with Crippen molar-refractivity contribution in [2.75, 3.05) is 6.54 Å². The summed E-state index contributed by atoms with van der Waals surface area (Å²) in [6.45, 7) is 1.68. The highest BCUT2D eigenvalue weighted by atomic mass is 35.5. The molecule has 0 amide bonds. The molecular weight excluding hydrogens is 282 g/mol. The van der Waals surface area contributed by atoms with Gasteiger partial charge in [0.15, 0.2) is 0 Å². The number of nitrogens with one attached hydrogen (secondary N) is 1. The molecule has 0 aliphatic carbocycles. The molecule has 2 aromatic rings. The molecule has 2 nitrogen and oxygen atoms in total. The minimum atomic E-state index is 0.546. The van der Waals surface area contributed by atoms with Gasteiger partial charge in [0.1, 0.15) is 12.4 Å². The number of hydrogen-bond acceptors (Lipinski definition) is 2. The predicted molar refractivity (Wildman–Crippen MR) is 87.0 cm³/mol.